The van der Waals surface area contributed by atoms with Crippen LogP contribution in [0.15, 0.2) is 30.6 Å². The number of aryl methyl sites for hydroxylation is 1. The van der Waals surface area contributed by atoms with E-state index in [9.17, 15) is 8.78 Å². The van der Waals surface area contributed by atoms with Crippen LogP contribution in [0.1, 0.15) is 0 Å². The minimum Gasteiger partial charge on any atom is -0.350 e. The summed E-state index contributed by atoms with van der Waals surface area (Å²) in [4.78, 5) is 0. The first kappa shape index (κ1) is 9.64. The van der Waals surface area contributed by atoms with Gasteiger partial charge in [0.25, 0.3) is 0 Å². The summed E-state index contributed by atoms with van der Waals surface area (Å²) in [6.07, 6.45) is 3.20. The molecule has 3 nitrogen and oxygen atoms in total. The van der Waals surface area contributed by atoms with Gasteiger partial charge >= 0.3 is 0 Å². The van der Waals surface area contributed by atoms with E-state index < -0.39 is 11.6 Å². The van der Waals surface area contributed by atoms with Crippen molar-refractivity contribution in [2.24, 2.45) is 7.05 Å². The second-order valence-corrected chi connectivity index (χ2v) is 3.15. The lowest BCUT2D eigenvalue weighted by Crippen LogP contribution is -1.93. The van der Waals surface area contributed by atoms with Crippen LogP contribution in [0.3, 0.4) is 0 Å². The highest BCUT2D eigenvalue weighted by Gasteiger charge is 2.04. The lowest BCUT2D eigenvalue weighted by molar-refractivity contribution is 0.603. The van der Waals surface area contributed by atoms with Gasteiger partial charge < -0.3 is 5.32 Å². The van der Waals surface area contributed by atoms with E-state index in [1.54, 1.807) is 17.9 Å². The molecule has 0 bridgehead atoms. The highest BCUT2D eigenvalue weighted by Crippen LogP contribution is 2.20. The average Bonchev–Trinajstić information content (AvgIpc) is 2.58. The van der Waals surface area contributed by atoms with Gasteiger partial charge in [-0.3, -0.25) is 4.68 Å². The number of hydrogen-bond donors (Lipinski definition) is 1. The van der Waals surface area contributed by atoms with Crippen LogP contribution >= 0.6 is 0 Å². The zero-order chi connectivity index (χ0) is 10.8. The van der Waals surface area contributed by atoms with Crippen molar-refractivity contribution in [2.45, 2.75) is 0 Å². The highest BCUT2D eigenvalue weighted by atomic mass is 19.1. The molecule has 0 spiro atoms. The summed E-state index contributed by atoms with van der Waals surface area (Å²) >= 11 is 0. The number of nitrogens with zero attached hydrogens (tertiary/aromatic N) is 2. The van der Waals surface area contributed by atoms with Crippen LogP contribution in [0.4, 0.5) is 20.2 Å². The van der Waals surface area contributed by atoms with Crippen molar-refractivity contribution in [1.29, 1.82) is 0 Å². The average molecular weight is 209 g/mol. The second kappa shape index (κ2) is 3.68. The Morgan fingerprint density at radius 2 is 2.13 bits per heavy atom. The number of rotatable bonds is 2. The Balaban J connectivity index is 2.27. The van der Waals surface area contributed by atoms with Crippen LogP contribution in [-0.4, -0.2) is 9.78 Å². The second-order valence-electron chi connectivity index (χ2n) is 3.15. The standard InChI is InChI=1S/C10H9F2N3/c1-15-6-8(5-13-15)14-10-4-7(11)2-3-9(10)12/h2-6,14H,1H3. The third-order valence-corrected chi connectivity index (χ3v) is 1.91. The molecule has 0 fully saturated rings. The summed E-state index contributed by atoms with van der Waals surface area (Å²) in [6, 6.07) is 3.25. The van der Waals surface area contributed by atoms with Crippen molar-refractivity contribution in [3.8, 4) is 0 Å². The van der Waals surface area contributed by atoms with Crippen LogP contribution < -0.4 is 5.32 Å². The maximum Gasteiger partial charge on any atom is 0.146 e. The predicted octanol–water partition coefficient (Wildman–Crippen LogP) is 2.44. The van der Waals surface area contributed by atoms with Crippen LogP contribution in [0.5, 0.6) is 0 Å². The zero-order valence-electron chi connectivity index (χ0n) is 8.04. The summed E-state index contributed by atoms with van der Waals surface area (Å²) < 4.78 is 27.6. The summed E-state index contributed by atoms with van der Waals surface area (Å²) in [5.74, 6) is -0.983. The van der Waals surface area contributed by atoms with Crippen molar-refractivity contribution in [3.05, 3.63) is 42.2 Å². The molecule has 5 heteroatoms. The summed E-state index contributed by atoms with van der Waals surface area (Å²) in [6.45, 7) is 0. The van der Waals surface area contributed by atoms with Crippen LogP contribution in [0, 0.1) is 11.6 Å². The van der Waals surface area contributed by atoms with E-state index in [2.05, 4.69) is 10.4 Å². The minimum atomic E-state index is -0.500. The third kappa shape index (κ3) is 2.12. The number of hydrogen-bond acceptors (Lipinski definition) is 2. The first-order valence-corrected chi connectivity index (χ1v) is 4.36. The van der Waals surface area contributed by atoms with Crippen LogP contribution in [-0.2, 0) is 7.05 Å². The maximum absolute atomic E-state index is 13.2. The molecule has 1 aromatic carbocycles. The summed E-state index contributed by atoms with van der Waals surface area (Å²) in [5.41, 5.74) is 0.713. The van der Waals surface area contributed by atoms with Crippen molar-refractivity contribution in [1.82, 2.24) is 9.78 Å². The molecule has 0 aliphatic rings. The van der Waals surface area contributed by atoms with Gasteiger partial charge in [-0.2, -0.15) is 5.10 Å². The van der Waals surface area contributed by atoms with Crippen molar-refractivity contribution in [3.63, 3.8) is 0 Å². The molecule has 1 aromatic heterocycles. The molecule has 0 radical (unpaired) electrons. The lowest BCUT2D eigenvalue weighted by atomic mass is 10.3. The number of nitrogens with one attached hydrogen (secondary N) is 1. The van der Waals surface area contributed by atoms with Gasteiger partial charge in [-0.25, -0.2) is 8.78 Å². The first-order chi connectivity index (χ1) is 7.15. The SMILES string of the molecule is Cn1cc(Nc2cc(F)ccc2F)cn1. The van der Waals surface area contributed by atoms with Gasteiger partial charge in [-0.15, -0.1) is 0 Å². The van der Waals surface area contributed by atoms with Gasteiger partial charge in [0.2, 0.25) is 0 Å². The highest BCUT2D eigenvalue weighted by molar-refractivity contribution is 5.58. The Morgan fingerprint density at radius 3 is 2.80 bits per heavy atom. The van der Waals surface area contributed by atoms with E-state index in [-0.39, 0.29) is 5.69 Å². The molecule has 0 saturated carbocycles. The Hall–Kier alpha value is -1.91. The first-order valence-electron chi connectivity index (χ1n) is 4.36. The Kier molecular flexibility index (Phi) is 2.37. The molecular formula is C10H9F2N3. The zero-order valence-corrected chi connectivity index (χ0v) is 8.04. The number of aromatic nitrogens is 2. The Labute approximate surface area is 85.3 Å². The van der Waals surface area contributed by atoms with Crippen molar-refractivity contribution in [2.75, 3.05) is 5.32 Å². The van der Waals surface area contributed by atoms with Crippen molar-refractivity contribution < 1.29 is 8.78 Å². The molecule has 78 valence electrons. The number of halogens is 2. The fourth-order valence-electron chi connectivity index (χ4n) is 1.23. The molecule has 0 amide bonds. The van der Waals surface area contributed by atoms with Gasteiger partial charge in [0.05, 0.1) is 17.6 Å². The predicted molar refractivity (Wildman–Crippen MR) is 52.8 cm³/mol. The van der Waals surface area contributed by atoms with E-state index in [1.165, 1.54) is 6.20 Å². The largest absolute Gasteiger partial charge is 0.350 e. The number of benzene rings is 1. The molecule has 0 saturated heterocycles. The van der Waals surface area contributed by atoms with Gasteiger partial charge in [0.1, 0.15) is 11.6 Å². The monoisotopic (exact) mass is 209 g/mol. The van der Waals surface area contributed by atoms with E-state index in [1.807, 2.05) is 0 Å². The lowest BCUT2D eigenvalue weighted by Gasteiger charge is -2.04. The summed E-state index contributed by atoms with van der Waals surface area (Å²) in [5, 5.41) is 6.64. The fourth-order valence-corrected chi connectivity index (χ4v) is 1.23. The minimum absolute atomic E-state index is 0.100. The smallest absolute Gasteiger partial charge is 0.146 e. The molecule has 0 aliphatic heterocycles. The normalized spacial score (nSPS) is 10.3. The van der Waals surface area contributed by atoms with E-state index >= 15 is 0 Å². The van der Waals surface area contributed by atoms with Crippen molar-refractivity contribution >= 4 is 11.4 Å². The van der Waals surface area contributed by atoms with Gasteiger partial charge in [0, 0.05) is 19.3 Å². The van der Waals surface area contributed by atoms with E-state index in [0.29, 0.717) is 5.69 Å². The quantitative estimate of drug-likeness (QED) is 0.823. The molecule has 15 heavy (non-hydrogen) atoms. The molecule has 0 unspecified atom stereocenters. The van der Waals surface area contributed by atoms with Gasteiger partial charge in [0.15, 0.2) is 0 Å². The molecule has 2 rings (SSSR count). The van der Waals surface area contributed by atoms with Gasteiger partial charge in [-0.05, 0) is 12.1 Å². The molecular weight excluding hydrogens is 200 g/mol. The fraction of sp³-hybridized carbons (Fsp3) is 0.100. The molecule has 1 heterocycles. The van der Waals surface area contributed by atoms with Crippen LogP contribution in [0.2, 0.25) is 0 Å². The van der Waals surface area contributed by atoms with Crippen LogP contribution in [0.25, 0.3) is 0 Å². The summed E-state index contributed by atoms with van der Waals surface area (Å²) in [7, 11) is 1.74. The Bertz CT molecular complexity index is 479. The molecule has 1 N–H and O–H groups in total. The third-order valence-electron chi connectivity index (χ3n) is 1.91. The maximum atomic E-state index is 13.2. The topological polar surface area (TPSA) is 29.9 Å². The molecule has 0 aliphatic carbocycles. The van der Waals surface area contributed by atoms with E-state index in [4.69, 9.17) is 0 Å². The number of anilines is 2. The van der Waals surface area contributed by atoms with E-state index in [0.717, 1.165) is 18.2 Å². The molecule has 2 aromatic rings. The van der Waals surface area contributed by atoms with Gasteiger partial charge in [-0.1, -0.05) is 0 Å². The molecule has 0 atom stereocenters. The Morgan fingerprint density at radius 1 is 1.33 bits per heavy atom.